The Labute approximate surface area is 239 Å². The van der Waals surface area contributed by atoms with Crippen LogP contribution in [0.5, 0.6) is 17.4 Å². The van der Waals surface area contributed by atoms with Gasteiger partial charge in [-0.15, -0.1) is 13.2 Å². The summed E-state index contributed by atoms with van der Waals surface area (Å²) in [6, 6.07) is 10.6. The lowest BCUT2D eigenvalue weighted by Gasteiger charge is -2.19. The first-order valence-electron chi connectivity index (χ1n) is 12.8. The maximum Gasteiger partial charge on any atom is 0.573 e. The zero-order chi connectivity index (χ0) is 30.3. The first-order chi connectivity index (χ1) is 20.1. The van der Waals surface area contributed by atoms with E-state index in [1.807, 2.05) is 18.2 Å². The van der Waals surface area contributed by atoms with Gasteiger partial charge in [-0.2, -0.15) is 4.98 Å². The van der Waals surface area contributed by atoms with Gasteiger partial charge in [-0.05, 0) is 59.9 Å². The van der Waals surface area contributed by atoms with Crippen LogP contribution < -0.4 is 19.5 Å². The smallest absolute Gasteiger partial charge is 0.497 e. The molecule has 0 aliphatic heterocycles. The van der Waals surface area contributed by atoms with Crippen molar-refractivity contribution in [2.24, 2.45) is 0 Å². The van der Waals surface area contributed by atoms with Gasteiger partial charge in [-0.25, -0.2) is 9.37 Å². The molecular weight excluding hydrogens is 562 g/mol. The second-order valence-corrected chi connectivity index (χ2v) is 9.28. The van der Waals surface area contributed by atoms with Gasteiger partial charge in [0.25, 0.3) is 5.91 Å². The molecule has 0 saturated heterocycles. The monoisotopic (exact) mass is 591 g/mol. The number of hydrogen-bond donors (Lipinski definition) is 1. The lowest BCUT2D eigenvalue weighted by molar-refractivity contribution is -0.275. The van der Waals surface area contributed by atoms with Crippen LogP contribution in [0.4, 0.5) is 17.6 Å². The number of aromatic nitrogens is 2. The highest BCUT2D eigenvalue weighted by Gasteiger charge is 2.32. The number of alkyl halides is 3. The van der Waals surface area contributed by atoms with Crippen molar-refractivity contribution in [2.45, 2.75) is 38.0 Å². The minimum Gasteiger partial charge on any atom is -0.497 e. The van der Waals surface area contributed by atoms with E-state index in [0.29, 0.717) is 12.2 Å². The van der Waals surface area contributed by atoms with E-state index in [2.05, 4.69) is 20.0 Å². The summed E-state index contributed by atoms with van der Waals surface area (Å²) in [6.07, 6.45) is -1.94. The number of methoxy groups -OCH3 is 3. The van der Waals surface area contributed by atoms with Crippen LogP contribution in [0.25, 0.3) is 5.57 Å². The lowest BCUT2D eigenvalue weighted by Crippen LogP contribution is -2.32. The summed E-state index contributed by atoms with van der Waals surface area (Å²) in [5, 5.41) is 2.70. The molecule has 42 heavy (non-hydrogen) atoms. The Balaban J connectivity index is 1.59. The normalized spacial score (nSPS) is 15.6. The second kappa shape index (κ2) is 13.6. The molecule has 0 spiro atoms. The van der Waals surface area contributed by atoms with Crippen LogP contribution in [0.1, 0.15) is 46.3 Å². The summed E-state index contributed by atoms with van der Waals surface area (Å²) in [6.45, 7) is 0.0449. The molecule has 0 radical (unpaired) electrons. The summed E-state index contributed by atoms with van der Waals surface area (Å²) in [5.41, 5.74) is 1.73. The van der Waals surface area contributed by atoms with Gasteiger partial charge in [0.2, 0.25) is 5.88 Å². The minimum absolute atomic E-state index is 0.0369. The van der Waals surface area contributed by atoms with Crippen molar-refractivity contribution >= 4 is 11.5 Å². The topological polar surface area (TPSA) is 101 Å². The van der Waals surface area contributed by atoms with E-state index in [0.717, 1.165) is 29.7 Å². The highest BCUT2D eigenvalue weighted by molar-refractivity contribution is 5.93. The molecule has 1 amide bonds. The molecule has 9 nitrogen and oxygen atoms in total. The first-order valence-corrected chi connectivity index (χ1v) is 12.8. The Kier molecular flexibility index (Phi) is 9.96. The predicted octanol–water partition coefficient (Wildman–Crippen LogP) is 5.41. The summed E-state index contributed by atoms with van der Waals surface area (Å²) in [4.78, 5) is 22.3. The summed E-state index contributed by atoms with van der Waals surface area (Å²) in [5.74, 6) is -1.78. The third kappa shape index (κ3) is 8.17. The predicted molar refractivity (Wildman–Crippen MR) is 143 cm³/mol. The van der Waals surface area contributed by atoms with E-state index in [9.17, 15) is 22.4 Å². The molecular formula is C29H29F4N3O6. The van der Waals surface area contributed by atoms with Crippen molar-refractivity contribution < 1.29 is 46.0 Å². The number of benzene rings is 2. The fourth-order valence-electron chi connectivity index (χ4n) is 4.26. The number of carbonyl (C=O) groups is 1. The maximum absolute atomic E-state index is 14.4. The third-order valence-corrected chi connectivity index (χ3v) is 6.38. The van der Waals surface area contributed by atoms with Crippen LogP contribution in [-0.2, 0) is 16.1 Å². The van der Waals surface area contributed by atoms with Crippen LogP contribution in [-0.4, -0.2) is 56.3 Å². The molecule has 1 N–H and O–H groups in total. The molecule has 4 rings (SSSR count). The standard InChI is InChI=1S/C29H29F4N3O6/c1-38-16-24(18-7-11-25(22(30)13-18)42-29(31,32)33)35-28(37)23-14-26(41-15-17-4-8-20(39-2)9-5-17)36-27(34-23)19-6-10-21(12-19)40-3/h4-5,7-9,11-14,21,24H,6,10,15-16H2,1-3H3,(H,35,37)/t21?,24-/m1/s1. The van der Waals surface area contributed by atoms with Gasteiger partial charge < -0.3 is 29.0 Å². The zero-order valence-corrected chi connectivity index (χ0v) is 23.0. The largest absolute Gasteiger partial charge is 0.573 e. The number of rotatable bonds is 12. The van der Waals surface area contributed by atoms with Gasteiger partial charge in [-0.3, -0.25) is 4.79 Å². The molecule has 1 aliphatic rings. The molecule has 13 heteroatoms. The van der Waals surface area contributed by atoms with E-state index in [1.54, 1.807) is 26.4 Å². The van der Waals surface area contributed by atoms with Crippen LogP contribution in [0.2, 0.25) is 0 Å². The molecule has 3 aromatic rings. The first kappa shape index (κ1) is 30.7. The van der Waals surface area contributed by atoms with E-state index in [1.165, 1.54) is 19.2 Å². The van der Waals surface area contributed by atoms with E-state index >= 15 is 0 Å². The molecule has 1 heterocycles. The average molecular weight is 592 g/mol. The van der Waals surface area contributed by atoms with Crippen LogP contribution in [0.3, 0.4) is 0 Å². The number of nitrogens with zero attached hydrogens (tertiary/aromatic N) is 2. The van der Waals surface area contributed by atoms with Crippen molar-refractivity contribution in [3.63, 3.8) is 0 Å². The van der Waals surface area contributed by atoms with E-state index in [4.69, 9.17) is 18.9 Å². The lowest BCUT2D eigenvalue weighted by atomic mass is 10.1. The van der Waals surface area contributed by atoms with Gasteiger partial charge in [0.1, 0.15) is 18.1 Å². The van der Waals surface area contributed by atoms with Crippen molar-refractivity contribution in [1.82, 2.24) is 15.3 Å². The number of hydrogen-bond acceptors (Lipinski definition) is 8. The minimum atomic E-state index is -5.06. The quantitative estimate of drug-likeness (QED) is 0.279. The summed E-state index contributed by atoms with van der Waals surface area (Å²) < 4.78 is 77.4. The number of carbonyl (C=O) groups excluding carboxylic acids is 1. The Bertz CT molecular complexity index is 1420. The highest BCUT2D eigenvalue weighted by Crippen LogP contribution is 2.30. The number of nitrogens with one attached hydrogen (secondary N) is 1. The Morgan fingerprint density at radius 2 is 1.83 bits per heavy atom. The van der Waals surface area contributed by atoms with Gasteiger partial charge >= 0.3 is 6.36 Å². The maximum atomic E-state index is 14.4. The fraction of sp³-hybridized carbons (Fsp3) is 0.345. The van der Waals surface area contributed by atoms with Crippen LogP contribution in [0.15, 0.2) is 54.6 Å². The second-order valence-electron chi connectivity index (χ2n) is 9.28. The average Bonchev–Trinajstić information content (AvgIpc) is 3.46. The van der Waals surface area contributed by atoms with Gasteiger partial charge in [-0.1, -0.05) is 18.2 Å². The Hall–Kier alpha value is -4.23. The zero-order valence-electron chi connectivity index (χ0n) is 23.0. The van der Waals surface area contributed by atoms with Crippen molar-refractivity contribution in [3.8, 4) is 17.4 Å². The van der Waals surface area contributed by atoms with Crippen molar-refractivity contribution in [1.29, 1.82) is 0 Å². The highest BCUT2D eigenvalue weighted by atomic mass is 19.4. The third-order valence-electron chi connectivity index (χ3n) is 6.38. The molecule has 1 aliphatic carbocycles. The molecule has 2 aromatic carbocycles. The summed E-state index contributed by atoms with van der Waals surface area (Å²) >= 11 is 0. The van der Waals surface area contributed by atoms with Gasteiger partial charge in [0.15, 0.2) is 17.4 Å². The van der Waals surface area contributed by atoms with Crippen LogP contribution >= 0.6 is 0 Å². The Morgan fingerprint density at radius 3 is 2.45 bits per heavy atom. The van der Waals surface area contributed by atoms with Gasteiger partial charge in [0, 0.05) is 20.3 Å². The number of ether oxygens (including phenoxy) is 5. The molecule has 0 bridgehead atoms. The molecule has 0 fully saturated rings. The molecule has 1 unspecified atom stereocenters. The van der Waals surface area contributed by atoms with E-state index in [-0.39, 0.29) is 42.3 Å². The molecule has 0 saturated carbocycles. The SMILES string of the molecule is COC[C@@H](NC(=O)c1cc(OCc2ccc(OC)cc2)nc(C2=CC(OC)CC2)n1)c1ccc(OC(F)(F)F)c(F)c1. The summed E-state index contributed by atoms with van der Waals surface area (Å²) in [7, 11) is 4.53. The molecule has 224 valence electrons. The number of allylic oxidation sites excluding steroid dienone is 1. The Morgan fingerprint density at radius 1 is 1.07 bits per heavy atom. The molecule has 2 atom stereocenters. The number of halogens is 4. The van der Waals surface area contributed by atoms with Gasteiger partial charge in [0.05, 0.1) is 25.9 Å². The number of amides is 1. The molecule has 1 aromatic heterocycles. The fourth-order valence-corrected chi connectivity index (χ4v) is 4.26. The van der Waals surface area contributed by atoms with Crippen molar-refractivity contribution in [2.75, 3.05) is 27.9 Å². The van der Waals surface area contributed by atoms with E-state index < -0.39 is 29.9 Å². The van der Waals surface area contributed by atoms with Crippen LogP contribution in [0, 0.1) is 5.82 Å². The van der Waals surface area contributed by atoms with Crippen molar-refractivity contribution in [3.05, 3.63) is 83.1 Å².